The van der Waals surface area contributed by atoms with Crippen LogP contribution in [0.4, 0.5) is 0 Å². The van der Waals surface area contributed by atoms with E-state index in [-0.39, 0.29) is 6.10 Å². The lowest BCUT2D eigenvalue weighted by Crippen LogP contribution is -2.47. The fourth-order valence-corrected chi connectivity index (χ4v) is 3.81. The van der Waals surface area contributed by atoms with Crippen LogP contribution in [0.2, 0.25) is 0 Å². The summed E-state index contributed by atoms with van der Waals surface area (Å²) < 4.78 is 5.47. The number of hydrogen-bond acceptors (Lipinski definition) is 3. The third kappa shape index (κ3) is 2.90. The van der Waals surface area contributed by atoms with Crippen LogP contribution in [0.3, 0.4) is 0 Å². The predicted molar refractivity (Wildman–Crippen MR) is 71.6 cm³/mol. The molecule has 1 aromatic heterocycles. The van der Waals surface area contributed by atoms with Crippen molar-refractivity contribution in [1.82, 2.24) is 0 Å². The Morgan fingerprint density at radius 2 is 2.18 bits per heavy atom. The minimum atomic E-state index is -0.650. The van der Waals surface area contributed by atoms with Crippen molar-refractivity contribution in [2.45, 2.75) is 57.2 Å². The summed E-state index contributed by atoms with van der Waals surface area (Å²) in [6.45, 7) is 2.17. The molecule has 1 N–H and O–H groups in total. The van der Waals surface area contributed by atoms with Gasteiger partial charge in [0.05, 0.1) is 11.7 Å². The van der Waals surface area contributed by atoms with Crippen LogP contribution in [0.1, 0.15) is 42.4 Å². The average molecular weight is 254 g/mol. The third-order valence-corrected chi connectivity index (χ3v) is 4.99. The molecular formula is C14H22O2S. The first kappa shape index (κ1) is 13.1. The second-order valence-electron chi connectivity index (χ2n) is 4.97. The summed E-state index contributed by atoms with van der Waals surface area (Å²) >= 11 is 1.82. The van der Waals surface area contributed by atoms with Crippen molar-refractivity contribution < 1.29 is 9.84 Å². The summed E-state index contributed by atoms with van der Waals surface area (Å²) in [6, 6.07) is 4.33. The summed E-state index contributed by atoms with van der Waals surface area (Å²) in [7, 11) is 1.72. The van der Waals surface area contributed by atoms with Gasteiger partial charge in [0.1, 0.15) is 0 Å². The van der Waals surface area contributed by atoms with Crippen molar-refractivity contribution in [3.63, 3.8) is 0 Å². The first-order chi connectivity index (χ1) is 8.18. The molecule has 2 nitrogen and oxygen atoms in total. The Balaban J connectivity index is 2.08. The number of thiophene rings is 1. The second-order valence-corrected chi connectivity index (χ2v) is 6.22. The first-order valence-corrected chi connectivity index (χ1v) is 7.32. The molecule has 2 rings (SSSR count). The van der Waals surface area contributed by atoms with Crippen molar-refractivity contribution in [3.8, 4) is 0 Å². The molecule has 1 aromatic rings. The molecule has 1 saturated carbocycles. The van der Waals surface area contributed by atoms with E-state index in [1.54, 1.807) is 7.11 Å². The molecule has 17 heavy (non-hydrogen) atoms. The summed E-state index contributed by atoms with van der Waals surface area (Å²) in [5.41, 5.74) is -0.650. The van der Waals surface area contributed by atoms with Gasteiger partial charge in [-0.2, -0.15) is 0 Å². The minimum absolute atomic E-state index is 0.00317. The Bertz CT molecular complexity index is 361. The van der Waals surface area contributed by atoms with Crippen LogP contribution in [0.5, 0.6) is 0 Å². The Kier molecular flexibility index (Phi) is 4.23. The summed E-state index contributed by atoms with van der Waals surface area (Å²) in [5, 5.41) is 10.7. The molecule has 0 bridgehead atoms. The van der Waals surface area contributed by atoms with Gasteiger partial charge in [0.15, 0.2) is 0 Å². The molecule has 0 aromatic carbocycles. The minimum Gasteiger partial charge on any atom is -0.387 e. The van der Waals surface area contributed by atoms with Gasteiger partial charge in [-0.1, -0.05) is 19.8 Å². The molecule has 1 aliphatic rings. The van der Waals surface area contributed by atoms with E-state index in [9.17, 15) is 5.11 Å². The fourth-order valence-electron chi connectivity index (χ4n) is 2.74. The highest BCUT2D eigenvalue weighted by molar-refractivity contribution is 7.12. The number of methoxy groups -OCH3 is 1. The SMILES string of the molecule is CCc1ccc(CC2(O)CCCCC2OC)s1. The van der Waals surface area contributed by atoms with Gasteiger partial charge in [-0.25, -0.2) is 0 Å². The summed E-state index contributed by atoms with van der Waals surface area (Å²) in [6.07, 6.45) is 5.97. The van der Waals surface area contributed by atoms with E-state index >= 15 is 0 Å². The molecule has 0 amide bonds. The standard InChI is InChI=1S/C14H22O2S/c1-3-11-7-8-12(17-11)10-14(15)9-5-4-6-13(14)16-2/h7-8,13,15H,3-6,9-10H2,1-2H3. The Morgan fingerprint density at radius 3 is 2.82 bits per heavy atom. The highest BCUT2D eigenvalue weighted by atomic mass is 32.1. The molecule has 1 heterocycles. The largest absolute Gasteiger partial charge is 0.387 e. The summed E-state index contributed by atoms with van der Waals surface area (Å²) in [5.74, 6) is 0. The van der Waals surface area contributed by atoms with Gasteiger partial charge in [0.25, 0.3) is 0 Å². The van der Waals surface area contributed by atoms with E-state index in [4.69, 9.17) is 4.74 Å². The van der Waals surface area contributed by atoms with Crippen LogP contribution in [-0.2, 0) is 17.6 Å². The Hall–Kier alpha value is -0.380. The van der Waals surface area contributed by atoms with E-state index in [0.717, 1.165) is 32.1 Å². The van der Waals surface area contributed by atoms with Gasteiger partial charge in [0.2, 0.25) is 0 Å². The van der Waals surface area contributed by atoms with E-state index in [1.165, 1.54) is 16.2 Å². The van der Waals surface area contributed by atoms with Gasteiger partial charge >= 0.3 is 0 Å². The molecule has 0 spiro atoms. The van der Waals surface area contributed by atoms with Crippen LogP contribution in [-0.4, -0.2) is 23.9 Å². The molecule has 2 unspecified atom stereocenters. The van der Waals surface area contributed by atoms with Gasteiger partial charge in [-0.15, -0.1) is 11.3 Å². The van der Waals surface area contributed by atoms with E-state index in [0.29, 0.717) is 0 Å². The molecule has 0 saturated heterocycles. The molecule has 0 radical (unpaired) electrons. The van der Waals surface area contributed by atoms with Gasteiger partial charge < -0.3 is 9.84 Å². The summed E-state index contributed by atoms with van der Waals surface area (Å²) in [4.78, 5) is 2.68. The van der Waals surface area contributed by atoms with E-state index in [1.807, 2.05) is 11.3 Å². The number of aryl methyl sites for hydroxylation is 1. The van der Waals surface area contributed by atoms with E-state index in [2.05, 4.69) is 19.1 Å². The maximum atomic E-state index is 10.7. The second kappa shape index (κ2) is 5.51. The molecule has 96 valence electrons. The highest BCUT2D eigenvalue weighted by Gasteiger charge is 2.39. The van der Waals surface area contributed by atoms with Crippen LogP contribution >= 0.6 is 11.3 Å². The molecule has 1 aliphatic carbocycles. The Morgan fingerprint density at radius 1 is 1.41 bits per heavy atom. The smallest absolute Gasteiger partial charge is 0.0955 e. The van der Waals surface area contributed by atoms with Crippen LogP contribution in [0.25, 0.3) is 0 Å². The zero-order valence-corrected chi connectivity index (χ0v) is 11.6. The maximum Gasteiger partial charge on any atom is 0.0955 e. The highest BCUT2D eigenvalue weighted by Crippen LogP contribution is 2.34. The lowest BCUT2D eigenvalue weighted by Gasteiger charge is -2.38. The third-order valence-electron chi connectivity index (χ3n) is 3.76. The number of aliphatic hydroxyl groups is 1. The van der Waals surface area contributed by atoms with Gasteiger partial charge in [-0.3, -0.25) is 0 Å². The number of hydrogen-bond donors (Lipinski definition) is 1. The fraction of sp³-hybridized carbons (Fsp3) is 0.714. The normalized spacial score (nSPS) is 29.5. The molecule has 1 fully saturated rings. The first-order valence-electron chi connectivity index (χ1n) is 6.50. The molecule has 0 aliphatic heterocycles. The van der Waals surface area contributed by atoms with Crippen molar-refractivity contribution in [2.24, 2.45) is 0 Å². The van der Waals surface area contributed by atoms with Crippen molar-refractivity contribution in [3.05, 3.63) is 21.9 Å². The maximum absolute atomic E-state index is 10.7. The topological polar surface area (TPSA) is 29.5 Å². The van der Waals surface area contributed by atoms with Crippen LogP contribution in [0.15, 0.2) is 12.1 Å². The average Bonchev–Trinajstić information content (AvgIpc) is 2.76. The zero-order valence-electron chi connectivity index (χ0n) is 10.7. The predicted octanol–water partition coefficient (Wildman–Crippen LogP) is 3.17. The van der Waals surface area contributed by atoms with Gasteiger partial charge in [0, 0.05) is 23.3 Å². The number of ether oxygens (including phenoxy) is 1. The van der Waals surface area contributed by atoms with Gasteiger partial charge in [-0.05, 0) is 31.4 Å². The van der Waals surface area contributed by atoms with Crippen LogP contribution in [0, 0.1) is 0 Å². The molecule has 2 atom stereocenters. The number of rotatable bonds is 4. The Labute approximate surface area is 108 Å². The van der Waals surface area contributed by atoms with E-state index < -0.39 is 5.60 Å². The zero-order chi connectivity index (χ0) is 12.3. The lowest BCUT2D eigenvalue weighted by atomic mass is 9.79. The lowest BCUT2D eigenvalue weighted by molar-refractivity contribution is -0.115. The van der Waals surface area contributed by atoms with Crippen molar-refractivity contribution in [2.75, 3.05) is 7.11 Å². The molecular weight excluding hydrogens is 232 g/mol. The van der Waals surface area contributed by atoms with Crippen LogP contribution < -0.4 is 0 Å². The monoisotopic (exact) mass is 254 g/mol. The van der Waals surface area contributed by atoms with Crippen molar-refractivity contribution in [1.29, 1.82) is 0 Å². The molecule has 3 heteroatoms. The quantitative estimate of drug-likeness (QED) is 0.894. The van der Waals surface area contributed by atoms with Crippen molar-refractivity contribution >= 4 is 11.3 Å².